The Labute approximate surface area is 139 Å². The summed E-state index contributed by atoms with van der Waals surface area (Å²) >= 11 is 0. The molecule has 2 aromatic rings. The monoisotopic (exact) mass is 325 g/mol. The topological polar surface area (TPSA) is 75.4 Å². The predicted molar refractivity (Wildman–Crippen MR) is 89.7 cm³/mol. The van der Waals surface area contributed by atoms with Crippen LogP contribution in [-0.2, 0) is 11.2 Å². The van der Waals surface area contributed by atoms with E-state index in [1.807, 2.05) is 24.3 Å². The Balaban J connectivity index is 1.80. The molecule has 0 saturated heterocycles. The van der Waals surface area contributed by atoms with Gasteiger partial charge in [0.2, 0.25) is 0 Å². The number of benzene rings is 1. The molecule has 1 unspecified atom stereocenters. The molecule has 2 aliphatic rings. The molecular formula is C18H19N3O3. The minimum atomic E-state index is -0.883. The molecule has 1 aromatic heterocycles. The minimum absolute atomic E-state index is 0.120. The summed E-state index contributed by atoms with van der Waals surface area (Å²) in [4.78, 5) is 25.7. The molecule has 1 N–H and O–H groups in total. The highest BCUT2D eigenvalue weighted by molar-refractivity contribution is 5.86. The van der Waals surface area contributed by atoms with Crippen molar-refractivity contribution in [3.8, 4) is 0 Å². The van der Waals surface area contributed by atoms with Crippen LogP contribution in [0.4, 0.5) is 11.5 Å². The van der Waals surface area contributed by atoms with E-state index >= 15 is 0 Å². The Kier molecular flexibility index (Phi) is 3.59. The number of fused-ring (bicyclic) bond motifs is 1. The van der Waals surface area contributed by atoms with E-state index in [0.29, 0.717) is 12.2 Å². The fraction of sp³-hybridized carbons (Fsp3) is 0.389. The number of aromatic nitrogens is 2. The second-order valence-corrected chi connectivity index (χ2v) is 6.47. The van der Waals surface area contributed by atoms with Crippen molar-refractivity contribution in [1.29, 1.82) is 0 Å². The van der Waals surface area contributed by atoms with Crippen LogP contribution < -0.4 is 10.5 Å². The highest BCUT2D eigenvalue weighted by Crippen LogP contribution is 2.37. The van der Waals surface area contributed by atoms with Crippen molar-refractivity contribution in [2.24, 2.45) is 0 Å². The molecule has 1 atom stereocenters. The molecule has 6 heteroatoms. The maximum atomic E-state index is 12.2. The van der Waals surface area contributed by atoms with Gasteiger partial charge in [-0.1, -0.05) is 31.0 Å². The van der Waals surface area contributed by atoms with Crippen molar-refractivity contribution in [3.05, 3.63) is 52.3 Å². The van der Waals surface area contributed by atoms with Crippen molar-refractivity contribution in [1.82, 2.24) is 9.78 Å². The lowest BCUT2D eigenvalue weighted by molar-refractivity contribution is -0.138. The molecule has 124 valence electrons. The number of carboxylic acid groups (broad SMARTS) is 1. The van der Waals surface area contributed by atoms with Gasteiger partial charge in [-0.25, -0.2) is 9.48 Å². The molecule has 1 saturated carbocycles. The molecule has 1 fully saturated rings. The van der Waals surface area contributed by atoms with E-state index < -0.39 is 12.0 Å². The lowest BCUT2D eigenvalue weighted by Gasteiger charge is -2.24. The quantitative estimate of drug-likeness (QED) is 0.938. The third kappa shape index (κ3) is 2.38. The number of hydrogen-bond donors (Lipinski definition) is 1. The smallest absolute Gasteiger partial charge is 0.327 e. The Morgan fingerprint density at radius 3 is 2.62 bits per heavy atom. The van der Waals surface area contributed by atoms with Crippen molar-refractivity contribution in [3.63, 3.8) is 0 Å². The Hall–Kier alpha value is -2.63. The van der Waals surface area contributed by atoms with Gasteiger partial charge in [-0.3, -0.25) is 4.79 Å². The number of para-hydroxylation sites is 1. The van der Waals surface area contributed by atoms with Gasteiger partial charge in [0.1, 0.15) is 6.04 Å². The SMILES string of the molecule is O=C(O)C1Cc2ccccc2N1c1ccc(=O)n(C2CCCC2)n1. The van der Waals surface area contributed by atoms with Crippen LogP contribution in [0, 0.1) is 0 Å². The standard InChI is InChI=1S/C18H19N3O3/c22-17-10-9-16(19-21(17)13-6-2-3-7-13)20-14-8-4-1-5-12(14)11-15(20)18(23)24/h1,4-5,8-10,13,15H,2-3,6-7,11H2,(H,23,24). The van der Waals surface area contributed by atoms with Crippen LogP contribution in [0.25, 0.3) is 0 Å². The summed E-state index contributed by atoms with van der Waals surface area (Å²) in [6, 6.07) is 10.2. The second-order valence-electron chi connectivity index (χ2n) is 6.47. The molecule has 1 aliphatic carbocycles. The molecule has 1 aromatic carbocycles. The molecular weight excluding hydrogens is 306 g/mol. The Morgan fingerprint density at radius 1 is 1.12 bits per heavy atom. The summed E-state index contributed by atoms with van der Waals surface area (Å²) in [5.41, 5.74) is 1.73. The molecule has 1 aliphatic heterocycles. The van der Waals surface area contributed by atoms with Crippen LogP contribution in [0.1, 0.15) is 37.3 Å². The summed E-state index contributed by atoms with van der Waals surface area (Å²) in [6.45, 7) is 0. The summed E-state index contributed by atoms with van der Waals surface area (Å²) in [6.07, 6.45) is 4.56. The van der Waals surface area contributed by atoms with E-state index in [9.17, 15) is 14.7 Å². The van der Waals surface area contributed by atoms with Crippen molar-refractivity contribution >= 4 is 17.5 Å². The normalized spacial score (nSPS) is 20.3. The fourth-order valence-corrected chi connectivity index (χ4v) is 3.82. The van der Waals surface area contributed by atoms with Crippen molar-refractivity contribution in [2.45, 2.75) is 44.2 Å². The van der Waals surface area contributed by atoms with Gasteiger partial charge in [0.25, 0.3) is 5.56 Å². The van der Waals surface area contributed by atoms with Crippen molar-refractivity contribution < 1.29 is 9.90 Å². The Bertz CT molecular complexity index is 839. The largest absolute Gasteiger partial charge is 0.480 e. The van der Waals surface area contributed by atoms with Crippen LogP contribution >= 0.6 is 0 Å². The first-order valence-corrected chi connectivity index (χ1v) is 8.35. The van der Waals surface area contributed by atoms with Gasteiger partial charge in [-0.05, 0) is 30.5 Å². The second kappa shape index (κ2) is 5.78. The van der Waals surface area contributed by atoms with Gasteiger partial charge < -0.3 is 10.0 Å². The first kappa shape index (κ1) is 14.9. The molecule has 0 amide bonds. The number of carboxylic acids is 1. The fourth-order valence-electron chi connectivity index (χ4n) is 3.82. The highest BCUT2D eigenvalue weighted by atomic mass is 16.4. The summed E-state index contributed by atoms with van der Waals surface area (Å²) in [5.74, 6) is -0.356. The van der Waals surface area contributed by atoms with Crippen molar-refractivity contribution in [2.75, 3.05) is 4.90 Å². The number of hydrogen-bond acceptors (Lipinski definition) is 4. The van der Waals surface area contributed by atoms with Crippen LogP contribution in [0.15, 0.2) is 41.2 Å². The Morgan fingerprint density at radius 2 is 1.88 bits per heavy atom. The zero-order valence-electron chi connectivity index (χ0n) is 13.3. The predicted octanol–water partition coefficient (Wildman–Crippen LogP) is 2.51. The lowest BCUT2D eigenvalue weighted by Crippen LogP contribution is -2.37. The van der Waals surface area contributed by atoms with Crippen LogP contribution in [0.5, 0.6) is 0 Å². The molecule has 2 heterocycles. The van der Waals surface area contributed by atoms with E-state index in [1.165, 1.54) is 6.07 Å². The average Bonchev–Trinajstić information content (AvgIpc) is 3.23. The van der Waals surface area contributed by atoms with Gasteiger partial charge in [0.05, 0.1) is 6.04 Å². The molecule has 0 bridgehead atoms. The zero-order valence-corrected chi connectivity index (χ0v) is 13.3. The first-order chi connectivity index (χ1) is 11.6. The average molecular weight is 325 g/mol. The number of nitrogens with zero attached hydrogens (tertiary/aromatic N) is 3. The maximum absolute atomic E-state index is 12.2. The van der Waals surface area contributed by atoms with Crippen LogP contribution in [0.2, 0.25) is 0 Å². The number of anilines is 2. The third-order valence-electron chi connectivity index (χ3n) is 4.99. The van der Waals surface area contributed by atoms with Gasteiger partial charge in [-0.15, -0.1) is 0 Å². The summed E-state index contributed by atoms with van der Waals surface area (Å²) < 4.78 is 1.54. The minimum Gasteiger partial charge on any atom is -0.480 e. The first-order valence-electron chi connectivity index (χ1n) is 8.35. The summed E-state index contributed by atoms with van der Waals surface area (Å²) in [7, 11) is 0. The van der Waals surface area contributed by atoms with E-state index in [4.69, 9.17) is 0 Å². The lowest BCUT2D eigenvalue weighted by atomic mass is 10.1. The van der Waals surface area contributed by atoms with Gasteiger partial charge in [0.15, 0.2) is 5.82 Å². The number of rotatable bonds is 3. The van der Waals surface area contributed by atoms with Crippen LogP contribution in [0.3, 0.4) is 0 Å². The third-order valence-corrected chi connectivity index (χ3v) is 4.99. The molecule has 0 spiro atoms. The van der Waals surface area contributed by atoms with Gasteiger partial charge >= 0.3 is 5.97 Å². The zero-order chi connectivity index (χ0) is 16.7. The molecule has 0 radical (unpaired) electrons. The summed E-state index contributed by atoms with van der Waals surface area (Å²) in [5, 5.41) is 14.1. The van der Waals surface area contributed by atoms with E-state index in [-0.39, 0.29) is 11.6 Å². The van der Waals surface area contributed by atoms with E-state index in [0.717, 1.165) is 36.9 Å². The highest BCUT2D eigenvalue weighted by Gasteiger charge is 2.36. The van der Waals surface area contributed by atoms with E-state index in [1.54, 1.807) is 15.6 Å². The molecule has 24 heavy (non-hydrogen) atoms. The molecule has 4 rings (SSSR count). The number of aliphatic carboxylic acids is 1. The van der Waals surface area contributed by atoms with Gasteiger partial charge in [-0.2, -0.15) is 5.10 Å². The maximum Gasteiger partial charge on any atom is 0.327 e. The van der Waals surface area contributed by atoms with Crippen LogP contribution in [-0.4, -0.2) is 26.9 Å². The van der Waals surface area contributed by atoms with Gasteiger partial charge in [0, 0.05) is 18.2 Å². The van der Waals surface area contributed by atoms with E-state index in [2.05, 4.69) is 5.10 Å². The molecule has 6 nitrogen and oxygen atoms in total. The number of carbonyl (C=O) groups is 1.